The van der Waals surface area contributed by atoms with Crippen LogP contribution in [0.4, 0.5) is 0 Å². The number of epoxide rings is 2. The molecule has 810 valence electrons. The lowest BCUT2D eigenvalue weighted by Gasteiger charge is -2.16. The molecule has 0 radical (unpaired) electrons. The molecule has 2 saturated heterocycles. The predicted octanol–water partition coefficient (Wildman–Crippen LogP) is 36.6. The van der Waals surface area contributed by atoms with E-state index in [0.717, 1.165) is 77.2 Å². The zero-order chi connectivity index (χ0) is 96.7. The zero-order valence-electron chi connectivity index (χ0n) is 89.2. The van der Waals surface area contributed by atoms with Crippen LogP contribution in [0.5, 0.6) is 34.5 Å². The van der Waals surface area contributed by atoms with E-state index < -0.39 is 12.2 Å². The van der Waals surface area contributed by atoms with E-state index >= 15 is 0 Å². The third kappa shape index (κ3) is 108. The van der Waals surface area contributed by atoms with Crippen molar-refractivity contribution in [2.24, 2.45) is 11.8 Å². The molecule has 0 bridgehead atoms. The van der Waals surface area contributed by atoms with E-state index in [0.29, 0.717) is 62.0 Å². The molecule has 15 nitrogen and oxygen atoms in total. The number of aromatic hydroxyl groups is 2. The summed E-state index contributed by atoms with van der Waals surface area (Å²) < 4.78 is 62.5. The van der Waals surface area contributed by atoms with Crippen LogP contribution in [0.3, 0.4) is 0 Å². The maximum atomic E-state index is 10.3. The number of aliphatic hydroxyl groups is 2. The van der Waals surface area contributed by atoms with Gasteiger partial charge in [-0.25, -0.2) is 0 Å². The fourth-order valence-corrected chi connectivity index (χ4v) is 16.5. The van der Waals surface area contributed by atoms with Crippen molar-refractivity contribution in [1.82, 2.24) is 0 Å². The molecule has 0 aromatic heterocycles. The van der Waals surface area contributed by atoms with Gasteiger partial charge in [0.15, 0.2) is 0 Å². The van der Waals surface area contributed by atoms with Crippen LogP contribution in [-0.4, -0.2) is 151 Å². The molecule has 4 N–H and O–H groups in total. The van der Waals surface area contributed by atoms with Crippen molar-refractivity contribution in [2.75, 3.05) is 106 Å². The Bertz CT molecular complexity index is 2460. The van der Waals surface area contributed by atoms with Crippen LogP contribution < -0.4 is 18.9 Å². The zero-order valence-corrected chi connectivity index (χ0v) is 89.2. The van der Waals surface area contributed by atoms with Gasteiger partial charge in [-0.3, -0.25) is 0 Å². The lowest BCUT2D eigenvalue weighted by atomic mass is 10.0. The molecule has 3 aromatic rings. The van der Waals surface area contributed by atoms with E-state index in [2.05, 4.69) is 55.4 Å². The molecule has 2 aliphatic rings. The van der Waals surface area contributed by atoms with E-state index in [1.165, 1.54) is 461 Å². The van der Waals surface area contributed by atoms with E-state index in [9.17, 15) is 10.2 Å². The van der Waals surface area contributed by atoms with Crippen LogP contribution in [0.2, 0.25) is 0 Å². The highest BCUT2D eigenvalue weighted by atomic mass is 16.6. The quantitative estimate of drug-likeness (QED) is 0.0308. The van der Waals surface area contributed by atoms with Gasteiger partial charge in [-0.05, 0) is 74.9 Å². The Kier molecular flexibility index (Phi) is 113. The van der Waals surface area contributed by atoms with Gasteiger partial charge in [-0.1, -0.05) is 513 Å². The highest BCUT2D eigenvalue weighted by Crippen LogP contribution is 2.26. The molecular weight excluding hydrogens is 1710 g/mol. The largest absolute Gasteiger partial charge is 0.508 e. The summed E-state index contributed by atoms with van der Waals surface area (Å²) in [5, 5.41) is 37.9. The van der Waals surface area contributed by atoms with Gasteiger partial charge in [0, 0.05) is 63.1 Å². The first-order valence-corrected chi connectivity index (χ1v) is 57.6. The van der Waals surface area contributed by atoms with Crippen molar-refractivity contribution in [3.63, 3.8) is 0 Å². The van der Waals surface area contributed by atoms with Crippen LogP contribution in [0.15, 0.2) is 72.8 Å². The number of unbranched alkanes of at least 4 members (excludes halogenated alkanes) is 65. The standard InChI is InChI=1S/C46H86O4.C44H82O6.C19H38O2.C6H6O2.C4H8O.3CH4/c1-5-7-9-11-13-15-17-19-21-23-25-27-29-31-36-47-39-43(3)41-49-45-34-33-35-46(38-45)50-42-44(4)40-48-37-32-30-28-26-24-22-20-18-16-14-12-10-8-6-2;1-3-5-7-9-11-13-15-17-19-21-23-25-27-29-34-47-37-41(45)39-49-43-32-31-33-44(36-43)50-40-42(46)38-48-35-30-28-26-24-22-20-18-16-14-12-10-8-6-4-2;1-2-3-4-5-6-7-8-9-10-11-12-13-14-15-16-20-17-19-18-21-19;7-5-2-1-3-6(8)4-5;1-2-4-3-5-4;;;/h33-35,38,43-44H,5-32,36-37,39-42H2,1-4H3;31-33,36,41-42,45-46H,3-30,34-35,37-40H2,1-2H3;19H,2-18H2,1H3;1-4,7-8H;4H,2-3H2,1H3;3*1H4. The fraction of sp³-hybridized carbons (Fsp3) is 0.852. The number of ether oxygens (including phenoxy) is 11. The van der Waals surface area contributed by atoms with Gasteiger partial charge in [0.25, 0.3) is 0 Å². The van der Waals surface area contributed by atoms with Gasteiger partial charge >= 0.3 is 0 Å². The molecule has 5 rings (SSSR count). The lowest BCUT2D eigenvalue weighted by Crippen LogP contribution is -2.24. The summed E-state index contributed by atoms with van der Waals surface area (Å²) in [6, 6.07) is 21.2. The third-order valence-electron chi connectivity index (χ3n) is 25.6. The summed E-state index contributed by atoms with van der Waals surface area (Å²) in [4.78, 5) is 0. The molecule has 6 atom stereocenters. The van der Waals surface area contributed by atoms with Gasteiger partial charge in [0.2, 0.25) is 0 Å². The maximum absolute atomic E-state index is 10.3. The minimum Gasteiger partial charge on any atom is -0.508 e. The van der Waals surface area contributed by atoms with Crippen LogP contribution in [0, 0.1) is 11.8 Å². The summed E-state index contributed by atoms with van der Waals surface area (Å²) in [6.45, 7) is 28.5. The number of phenolic OH excluding ortho intramolecular Hbond substituents is 2. The number of aliphatic hydroxyl groups excluding tert-OH is 2. The highest BCUT2D eigenvalue weighted by Gasteiger charge is 2.22. The molecule has 2 fully saturated rings. The molecule has 0 saturated carbocycles. The Balaban J connectivity index is -0.00000192. The second kappa shape index (κ2) is 112. The van der Waals surface area contributed by atoms with Crippen LogP contribution >= 0.6 is 0 Å². The van der Waals surface area contributed by atoms with Crippen LogP contribution in [0.1, 0.15) is 534 Å². The number of hydrogen-bond donors (Lipinski definition) is 4. The van der Waals surface area contributed by atoms with Gasteiger partial charge in [-0.2, -0.15) is 0 Å². The fourth-order valence-electron chi connectivity index (χ4n) is 16.5. The highest BCUT2D eigenvalue weighted by molar-refractivity contribution is 5.34. The topological polar surface area (TPSA) is 189 Å². The molecule has 137 heavy (non-hydrogen) atoms. The van der Waals surface area contributed by atoms with Crippen LogP contribution in [0.25, 0.3) is 0 Å². The number of benzene rings is 3. The van der Waals surface area contributed by atoms with Crippen molar-refractivity contribution in [3.8, 4) is 34.5 Å². The van der Waals surface area contributed by atoms with Crippen LogP contribution in [-0.2, 0) is 33.2 Å². The van der Waals surface area contributed by atoms with E-state index in [-0.39, 0.29) is 60.2 Å². The minimum absolute atomic E-state index is 0. The second-order valence-electron chi connectivity index (χ2n) is 39.9. The smallest absolute Gasteiger partial charge is 0.123 e. The predicted molar refractivity (Wildman–Crippen MR) is 591 cm³/mol. The van der Waals surface area contributed by atoms with E-state index in [1.54, 1.807) is 12.1 Å². The summed E-state index contributed by atoms with van der Waals surface area (Å²) >= 11 is 0. The Morgan fingerprint density at radius 1 is 0.241 bits per heavy atom. The van der Waals surface area contributed by atoms with Crippen molar-refractivity contribution in [3.05, 3.63) is 72.8 Å². The molecule has 2 heterocycles. The average Bonchev–Trinajstić information content (AvgIpc) is 1.79. The number of phenols is 2. The molecule has 2 aliphatic heterocycles. The summed E-state index contributed by atoms with van der Waals surface area (Å²) in [7, 11) is 0. The van der Waals surface area contributed by atoms with E-state index in [4.69, 9.17) is 62.3 Å². The molecule has 0 spiro atoms. The normalized spacial score (nSPS) is 13.7. The van der Waals surface area contributed by atoms with Gasteiger partial charge in [-0.15, -0.1) is 0 Å². The van der Waals surface area contributed by atoms with Crippen molar-refractivity contribution < 1.29 is 72.5 Å². The molecule has 0 amide bonds. The molecular formula is C122H232O15. The Hall–Kier alpha value is -3.90. The SMILES string of the molecule is C.C.C.CCC1CO1.CCCCCCCCCCCCCCCCOCC(C)COc1cccc(OCC(C)COCCCCCCCCCCCCCCCC)c1.CCCCCCCCCCCCCCCCOCC(O)COc1cccc(OCC(O)COCCCCCCCCCCCCCCCC)c1.CCCCCCCCCCCCCCCCOCC1CO1.Oc1cccc(O)c1. The maximum Gasteiger partial charge on any atom is 0.123 e. The first-order valence-electron chi connectivity index (χ1n) is 57.6. The first kappa shape index (κ1) is 137. The first-order chi connectivity index (χ1) is 66.0. The van der Waals surface area contributed by atoms with Crippen molar-refractivity contribution >= 4 is 0 Å². The molecule has 0 aliphatic carbocycles. The Morgan fingerprint density at radius 3 is 0.620 bits per heavy atom. The average molecular weight is 1940 g/mol. The Labute approximate surface area is 850 Å². The minimum atomic E-state index is -0.676. The Morgan fingerprint density at radius 2 is 0.431 bits per heavy atom. The lowest BCUT2D eigenvalue weighted by molar-refractivity contribution is 0.00955. The number of hydrogen-bond acceptors (Lipinski definition) is 15. The van der Waals surface area contributed by atoms with Crippen molar-refractivity contribution in [2.45, 2.75) is 558 Å². The van der Waals surface area contributed by atoms with Gasteiger partial charge in [0.05, 0.1) is 65.6 Å². The summed E-state index contributed by atoms with van der Waals surface area (Å²) in [5.41, 5.74) is 0. The third-order valence-corrected chi connectivity index (χ3v) is 25.6. The van der Waals surface area contributed by atoms with Gasteiger partial charge < -0.3 is 72.5 Å². The summed E-state index contributed by atoms with van der Waals surface area (Å²) in [6.07, 6.45) is 97.1. The molecule has 3 aromatic carbocycles. The summed E-state index contributed by atoms with van der Waals surface area (Å²) in [5.74, 6) is 3.88. The van der Waals surface area contributed by atoms with Crippen molar-refractivity contribution in [1.29, 1.82) is 0 Å². The van der Waals surface area contributed by atoms with Gasteiger partial charge in [0.1, 0.15) is 66.0 Å². The van der Waals surface area contributed by atoms with E-state index in [1.807, 2.05) is 42.5 Å². The molecule has 15 heteroatoms. The second-order valence-corrected chi connectivity index (χ2v) is 39.9. The monoisotopic (exact) mass is 1940 g/mol. The number of rotatable bonds is 98. The molecule has 6 unspecified atom stereocenters.